The molecule has 1 unspecified atom stereocenters. The molecule has 0 saturated heterocycles. The number of nitrogens with zero attached hydrogens (tertiary/aromatic N) is 2. The third-order valence-electron chi connectivity index (χ3n) is 3.22. The zero-order chi connectivity index (χ0) is 14.5. The number of aromatic nitrogens is 2. The molecule has 0 radical (unpaired) electrons. The van der Waals surface area contributed by atoms with Crippen LogP contribution in [0.15, 0.2) is 18.3 Å². The molecule has 0 aliphatic carbocycles. The van der Waals surface area contributed by atoms with Gasteiger partial charge in [0.25, 0.3) is 0 Å². The van der Waals surface area contributed by atoms with Crippen LogP contribution in [0.25, 0.3) is 0 Å². The lowest BCUT2D eigenvalue weighted by Gasteiger charge is -2.17. The lowest BCUT2D eigenvalue weighted by Crippen LogP contribution is -2.22. The molecule has 0 aliphatic rings. The summed E-state index contributed by atoms with van der Waals surface area (Å²) in [4.78, 5) is 2.63. The summed E-state index contributed by atoms with van der Waals surface area (Å²) in [5.74, 6) is 0. The van der Waals surface area contributed by atoms with Gasteiger partial charge in [0.05, 0.1) is 36.1 Å². The Labute approximate surface area is 128 Å². The summed E-state index contributed by atoms with van der Waals surface area (Å²) in [6.45, 7) is 3.48. The molecule has 1 atom stereocenters. The maximum atomic E-state index is 6.33. The number of thiophene rings is 1. The van der Waals surface area contributed by atoms with Gasteiger partial charge in [-0.05, 0) is 25.6 Å². The van der Waals surface area contributed by atoms with E-state index in [-0.39, 0.29) is 6.04 Å². The van der Waals surface area contributed by atoms with Gasteiger partial charge < -0.3 is 10.1 Å². The van der Waals surface area contributed by atoms with Crippen LogP contribution in [-0.4, -0.2) is 30.5 Å². The van der Waals surface area contributed by atoms with E-state index in [1.165, 1.54) is 9.75 Å². The molecule has 0 aliphatic heterocycles. The van der Waals surface area contributed by atoms with Crippen molar-refractivity contribution in [2.24, 2.45) is 0 Å². The van der Waals surface area contributed by atoms with Gasteiger partial charge in [0.2, 0.25) is 0 Å². The Morgan fingerprint density at radius 3 is 2.90 bits per heavy atom. The predicted molar refractivity (Wildman–Crippen MR) is 83.7 cm³/mol. The van der Waals surface area contributed by atoms with Crippen molar-refractivity contribution in [3.05, 3.63) is 38.8 Å². The van der Waals surface area contributed by atoms with Crippen LogP contribution in [0.3, 0.4) is 0 Å². The van der Waals surface area contributed by atoms with Gasteiger partial charge in [-0.1, -0.05) is 18.5 Å². The first-order valence-corrected chi connectivity index (χ1v) is 7.86. The Balaban J connectivity index is 2.33. The smallest absolute Gasteiger partial charge is 0.0854 e. The van der Waals surface area contributed by atoms with E-state index >= 15 is 0 Å². The molecule has 20 heavy (non-hydrogen) atoms. The molecule has 2 rings (SSSR count). The van der Waals surface area contributed by atoms with Gasteiger partial charge in [0, 0.05) is 16.9 Å². The van der Waals surface area contributed by atoms with E-state index in [1.54, 1.807) is 13.3 Å². The van der Waals surface area contributed by atoms with Crippen molar-refractivity contribution in [1.82, 2.24) is 15.1 Å². The van der Waals surface area contributed by atoms with E-state index in [9.17, 15) is 0 Å². The number of aryl methyl sites for hydroxylation is 1. The van der Waals surface area contributed by atoms with E-state index in [0.29, 0.717) is 18.2 Å². The fourth-order valence-corrected chi connectivity index (χ4v) is 3.49. The fourth-order valence-electron chi connectivity index (χ4n) is 2.17. The van der Waals surface area contributed by atoms with Crippen LogP contribution in [0.5, 0.6) is 0 Å². The highest BCUT2D eigenvalue weighted by Crippen LogP contribution is 2.32. The number of hydrogen-bond acceptors (Lipinski definition) is 4. The monoisotopic (exact) mass is 313 g/mol. The van der Waals surface area contributed by atoms with Crippen LogP contribution in [-0.2, 0) is 17.7 Å². The van der Waals surface area contributed by atoms with E-state index < -0.39 is 0 Å². The van der Waals surface area contributed by atoms with E-state index in [2.05, 4.69) is 29.5 Å². The summed E-state index contributed by atoms with van der Waals surface area (Å²) in [6.07, 6.45) is 2.75. The second-order valence-electron chi connectivity index (χ2n) is 4.47. The lowest BCUT2D eigenvalue weighted by atomic mass is 10.1. The van der Waals surface area contributed by atoms with Gasteiger partial charge in [0.15, 0.2) is 0 Å². The molecule has 0 fully saturated rings. The lowest BCUT2D eigenvalue weighted by molar-refractivity contribution is 0.182. The average Bonchev–Trinajstić information content (AvgIpc) is 3.06. The quantitative estimate of drug-likeness (QED) is 0.853. The van der Waals surface area contributed by atoms with Crippen LogP contribution in [0.1, 0.15) is 28.4 Å². The summed E-state index contributed by atoms with van der Waals surface area (Å²) < 4.78 is 7.04. The molecule has 110 valence electrons. The zero-order valence-electron chi connectivity index (χ0n) is 12.0. The third-order valence-corrected chi connectivity index (χ3v) is 4.80. The number of halogens is 1. The summed E-state index contributed by atoms with van der Waals surface area (Å²) in [5.41, 5.74) is 0.996. The second-order valence-corrected chi connectivity index (χ2v) is 6.08. The maximum Gasteiger partial charge on any atom is 0.0854 e. The van der Waals surface area contributed by atoms with Crippen molar-refractivity contribution < 1.29 is 4.74 Å². The standard InChI is InChI=1S/C14H20ClN3OS/c1-4-10-5-6-12(20-10)13(16-2)14-11(15)9-17-18(14)7-8-19-3/h5-6,9,13,16H,4,7-8H2,1-3H3. The van der Waals surface area contributed by atoms with Crippen molar-refractivity contribution in [2.45, 2.75) is 25.9 Å². The van der Waals surface area contributed by atoms with Crippen LogP contribution >= 0.6 is 22.9 Å². The molecule has 2 heterocycles. The van der Waals surface area contributed by atoms with Gasteiger partial charge in [-0.25, -0.2) is 0 Å². The highest BCUT2D eigenvalue weighted by molar-refractivity contribution is 7.12. The minimum absolute atomic E-state index is 0.0622. The molecule has 0 bridgehead atoms. The first kappa shape index (κ1) is 15.5. The van der Waals surface area contributed by atoms with Crippen molar-refractivity contribution in [3.8, 4) is 0 Å². The van der Waals surface area contributed by atoms with E-state index in [0.717, 1.165) is 12.1 Å². The molecule has 4 nitrogen and oxygen atoms in total. The average molecular weight is 314 g/mol. The summed E-state index contributed by atoms with van der Waals surface area (Å²) >= 11 is 8.14. The molecule has 0 aromatic carbocycles. The molecule has 6 heteroatoms. The molecule has 0 saturated carbocycles. The summed E-state index contributed by atoms with van der Waals surface area (Å²) in [6, 6.07) is 4.40. The Morgan fingerprint density at radius 1 is 1.50 bits per heavy atom. The highest BCUT2D eigenvalue weighted by Gasteiger charge is 2.22. The minimum atomic E-state index is 0.0622. The molecule has 0 spiro atoms. The van der Waals surface area contributed by atoms with Gasteiger partial charge in [0.1, 0.15) is 0 Å². The van der Waals surface area contributed by atoms with Crippen LogP contribution in [0.2, 0.25) is 5.02 Å². The zero-order valence-corrected chi connectivity index (χ0v) is 13.6. The third kappa shape index (κ3) is 3.23. The molecular formula is C14H20ClN3OS. The minimum Gasteiger partial charge on any atom is -0.383 e. The normalized spacial score (nSPS) is 12.8. The summed E-state index contributed by atoms with van der Waals surface area (Å²) in [5, 5.41) is 8.37. The number of methoxy groups -OCH3 is 1. The van der Waals surface area contributed by atoms with Crippen LogP contribution < -0.4 is 5.32 Å². The largest absolute Gasteiger partial charge is 0.383 e. The van der Waals surface area contributed by atoms with Crippen molar-refractivity contribution >= 4 is 22.9 Å². The van der Waals surface area contributed by atoms with Crippen molar-refractivity contribution in [2.75, 3.05) is 20.8 Å². The Morgan fingerprint density at radius 2 is 2.30 bits per heavy atom. The van der Waals surface area contributed by atoms with Crippen molar-refractivity contribution in [3.63, 3.8) is 0 Å². The predicted octanol–water partition coefficient (Wildman–Crippen LogP) is 3.12. The molecule has 0 amide bonds. The number of hydrogen-bond donors (Lipinski definition) is 1. The number of rotatable bonds is 7. The van der Waals surface area contributed by atoms with Gasteiger partial charge >= 0.3 is 0 Å². The van der Waals surface area contributed by atoms with Crippen molar-refractivity contribution in [1.29, 1.82) is 0 Å². The van der Waals surface area contributed by atoms with Crippen LogP contribution in [0, 0.1) is 0 Å². The fraction of sp³-hybridized carbons (Fsp3) is 0.500. The molecular weight excluding hydrogens is 294 g/mol. The Hall–Kier alpha value is -0.880. The first-order chi connectivity index (χ1) is 9.71. The molecule has 2 aromatic heterocycles. The van der Waals surface area contributed by atoms with E-state index in [4.69, 9.17) is 16.3 Å². The first-order valence-electron chi connectivity index (χ1n) is 6.67. The maximum absolute atomic E-state index is 6.33. The molecule has 2 aromatic rings. The second kappa shape index (κ2) is 7.22. The van der Waals surface area contributed by atoms with Gasteiger partial charge in [-0.2, -0.15) is 5.10 Å². The topological polar surface area (TPSA) is 39.1 Å². The SMILES string of the molecule is CCc1ccc(C(NC)c2c(Cl)cnn2CCOC)s1. The van der Waals surface area contributed by atoms with Gasteiger partial charge in [-0.3, -0.25) is 4.68 Å². The molecule has 1 N–H and O–H groups in total. The number of ether oxygens (including phenoxy) is 1. The Kier molecular flexibility index (Phi) is 5.60. The van der Waals surface area contributed by atoms with Gasteiger partial charge in [-0.15, -0.1) is 11.3 Å². The summed E-state index contributed by atoms with van der Waals surface area (Å²) in [7, 11) is 3.63. The number of nitrogens with one attached hydrogen (secondary N) is 1. The highest BCUT2D eigenvalue weighted by atomic mass is 35.5. The van der Waals surface area contributed by atoms with Crippen LogP contribution in [0.4, 0.5) is 0 Å². The Bertz CT molecular complexity index is 552. The van der Waals surface area contributed by atoms with E-state index in [1.807, 2.05) is 23.1 Å².